The first-order valence-corrected chi connectivity index (χ1v) is 11.5. The Morgan fingerprint density at radius 3 is 1.52 bits per heavy atom. The number of halogens is 1. The molecule has 0 aliphatic heterocycles. The molecule has 0 amide bonds. The average molecular weight is 523 g/mol. The van der Waals surface area contributed by atoms with Crippen molar-refractivity contribution in [2.45, 2.75) is 18.0 Å². The maximum Gasteiger partial charge on any atom is 0.243 e. The zero-order valence-corrected chi connectivity index (χ0v) is 19.2. The molecule has 0 saturated carbocycles. The van der Waals surface area contributed by atoms with Crippen LogP contribution in [-0.2, 0) is 23.1 Å². The maximum atomic E-state index is 13.4. The van der Waals surface area contributed by atoms with E-state index in [2.05, 4.69) is 22.6 Å². The number of hydrogen-bond donors (Lipinski definition) is 0. The smallest absolute Gasteiger partial charge is 0.243 e. The van der Waals surface area contributed by atoms with Crippen molar-refractivity contribution in [3.8, 4) is 11.5 Å². The average Bonchev–Trinajstić information content (AvgIpc) is 2.74. The fraction of sp³-hybridized carbons (Fsp3) is 0.182. The van der Waals surface area contributed by atoms with Crippen LogP contribution in [0.3, 0.4) is 0 Å². The van der Waals surface area contributed by atoms with Crippen LogP contribution >= 0.6 is 22.6 Å². The van der Waals surface area contributed by atoms with E-state index in [0.717, 1.165) is 26.2 Å². The molecule has 3 rings (SSSR count). The molecule has 152 valence electrons. The van der Waals surface area contributed by atoms with Crippen LogP contribution in [0.15, 0.2) is 77.7 Å². The summed E-state index contributed by atoms with van der Waals surface area (Å²) in [5, 5.41) is 0. The van der Waals surface area contributed by atoms with Gasteiger partial charge in [-0.15, -0.1) is 0 Å². The second-order valence-corrected chi connectivity index (χ2v) is 9.61. The van der Waals surface area contributed by atoms with Gasteiger partial charge in [0.15, 0.2) is 0 Å². The van der Waals surface area contributed by atoms with Gasteiger partial charge in [-0.25, -0.2) is 8.42 Å². The minimum atomic E-state index is -3.68. The van der Waals surface area contributed by atoms with Crippen LogP contribution in [0.1, 0.15) is 11.1 Å². The molecule has 0 aliphatic rings. The molecular weight excluding hydrogens is 501 g/mol. The van der Waals surface area contributed by atoms with E-state index >= 15 is 0 Å². The standard InChI is InChI=1S/C22H22INO4S/c1-27-20-9-3-17(4-10-20)15-24(16-18-5-11-21(28-2)12-6-18)29(25,26)22-13-7-19(23)8-14-22/h3-14H,15-16H2,1-2H3. The Morgan fingerprint density at radius 2 is 1.14 bits per heavy atom. The number of benzene rings is 3. The van der Waals surface area contributed by atoms with Crippen molar-refractivity contribution >= 4 is 32.6 Å². The van der Waals surface area contributed by atoms with Gasteiger partial charge in [-0.2, -0.15) is 4.31 Å². The number of sulfonamides is 1. The molecule has 5 nitrogen and oxygen atoms in total. The molecule has 29 heavy (non-hydrogen) atoms. The van der Waals surface area contributed by atoms with Gasteiger partial charge in [0.1, 0.15) is 11.5 Å². The van der Waals surface area contributed by atoms with E-state index in [4.69, 9.17) is 9.47 Å². The van der Waals surface area contributed by atoms with Gasteiger partial charge in [0.05, 0.1) is 19.1 Å². The fourth-order valence-corrected chi connectivity index (χ4v) is 4.63. The third-order valence-electron chi connectivity index (χ3n) is 4.49. The molecule has 0 bridgehead atoms. The number of ether oxygens (including phenoxy) is 2. The van der Waals surface area contributed by atoms with Gasteiger partial charge in [-0.1, -0.05) is 24.3 Å². The Hall–Kier alpha value is -2.10. The topological polar surface area (TPSA) is 55.8 Å². The second-order valence-electron chi connectivity index (χ2n) is 6.42. The molecule has 3 aromatic carbocycles. The van der Waals surface area contributed by atoms with Crippen LogP contribution in [0.25, 0.3) is 0 Å². The number of methoxy groups -OCH3 is 2. The zero-order chi connectivity index (χ0) is 20.9. The molecular formula is C22H22INO4S. The molecule has 3 aromatic rings. The summed E-state index contributed by atoms with van der Waals surface area (Å²) in [6.07, 6.45) is 0. The lowest BCUT2D eigenvalue weighted by Gasteiger charge is -2.23. The molecule has 0 N–H and O–H groups in total. The van der Waals surface area contributed by atoms with Crippen molar-refractivity contribution in [2.75, 3.05) is 14.2 Å². The number of rotatable bonds is 8. The quantitative estimate of drug-likeness (QED) is 0.402. The molecule has 0 heterocycles. The first-order chi connectivity index (χ1) is 13.9. The first kappa shape index (κ1) is 21.6. The summed E-state index contributed by atoms with van der Waals surface area (Å²) >= 11 is 2.16. The van der Waals surface area contributed by atoms with Gasteiger partial charge in [0, 0.05) is 16.7 Å². The highest BCUT2D eigenvalue weighted by molar-refractivity contribution is 14.1. The van der Waals surface area contributed by atoms with Crippen molar-refractivity contribution in [2.24, 2.45) is 0 Å². The Bertz CT molecular complexity index is 984. The third-order valence-corrected chi connectivity index (χ3v) is 7.01. The van der Waals surface area contributed by atoms with Crippen molar-refractivity contribution in [3.05, 3.63) is 87.5 Å². The lowest BCUT2D eigenvalue weighted by molar-refractivity contribution is 0.397. The number of hydrogen-bond acceptors (Lipinski definition) is 4. The van der Waals surface area contributed by atoms with E-state index < -0.39 is 10.0 Å². The van der Waals surface area contributed by atoms with E-state index in [-0.39, 0.29) is 18.0 Å². The predicted molar refractivity (Wildman–Crippen MR) is 122 cm³/mol. The van der Waals surface area contributed by atoms with Crippen LogP contribution in [0, 0.1) is 3.57 Å². The molecule has 0 aliphatic carbocycles. The highest BCUT2D eigenvalue weighted by Gasteiger charge is 2.25. The number of nitrogens with zero attached hydrogens (tertiary/aromatic N) is 1. The Balaban J connectivity index is 1.93. The van der Waals surface area contributed by atoms with Crippen LogP contribution in [0.4, 0.5) is 0 Å². The minimum absolute atomic E-state index is 0.254. The largest absolute Gasteiger partial charge is 0.497 e. The van der Waals surface area contributed by atoms with E-state index in [9.17, 15) is 8.42 Å². The molecule has 0 atom stereocenters. The molecule has 0 spiro atoms. The highest BCUT2D eigenvalue weighted by atomic mass is 127. The van der Waals surface area contributed by atoms with E-state index in [1.165, 1.54) is 4.31 Å². The molecule has 0 radical (unpaired) electrons. The first-order valence-electron chi connectivity index (χ1n) is 8.94. The normalized spacial score (nSPS) is 11.4. The molecule has 0 aromatic heterocycles. The molecule has 0 saturated heterocycles. The summed E-state index contributed by atoms with van der Waals surface area (Å²) in [5.41, 5.74) is 1.77. The molecule has 0 unspecified atom stereocenters. The van der Waals surface area contributed by atoms with Crippen molar-refractivity contribution in [1.82, 2.24) is 4.31 Å². The van der Waals surface area contributed by atoms with E-state index in [0.29, 0.717) is 0 Å². The summed E-state index contributed by atoms with van der Waals surface area (Å²) in [4.78, 5) is 0.278. The zero-order valence-electron chi connectivity index (χ0n) is 16.2. The van der Waals surface area contributed by atoms with E-state index in [1.807, 2.05) is 48.5 Å². The van der Waals surface area contributed by atoms with Gasteiger partial charge >= 0.3 is 0 Å². The van der Waals surface area contributed by atoms with E-state index in [1.54, 1.807) is 38.5 Å². The maximum absolute atomic E-state index is 13.4. The Labute approximate surface area is 185 Å². The summed E-state index contributed by atoms with van der Waals surface area (Å²) < 4.78 is 39.6. The molecule has 7 heteroatoms. The van der Waals surface area contributed by atoms with Gasteiger partial charge in [0.2, 0.25) is 10.0 Å². The van der Waals surface area contributed by atoms with Crippen LogP contribution < -0.4 is 9.47 Å². The lowest BCUT2D eigenvalue weighted by Crippen LogP contribution is -2.30. The molecule has 0 fully saturated rings. The van der Waals surface area contributed by atoms with Crippen LogP contribution in [0.5, 0.6) is 11.5 Å². The van der Waals surface area contributed by atoms with Crippen molar-refractivity contribution in [1.29, 1.82) is 0 Å². The Kier molecular flexibility index (Phi) is 7.15. The highest BCUT2D eigenvalue weighted by Crippen LogP contribution is 2.24. The van der Waals surface area contributed by atoms with Crippen molar-refractivity contribution < 1.29 is 17.9 Å². The monoisotopic (exact) mass is 523 g/mol. The summed E-state index contributed by atoms with van der Waals surface area (Å²) in [5.74, 6) is 1.46. The van der Waals surface area contributed by atoms with Gasteiger partial charge in [0.25, 0.3) is 0 Å². The van der Waals surface area contributed by atoms with Crippen LogP contribution in [0.2, 0.25) is 0 Å². The summed E-state index contributed by atoms with van der Waals surface area (Å²) in [7, 11) is -0.471. The second kappa shape index (κ2) is 9.60. The fourth-order valence-electron chi connectivity index (χ4n) is 2.85. The van der Waals surface area contributed by atoms with Gasteiger partial charge < -0.3 is 9.47 Å². The summed E-state index contributed by atoms with van der Waals surface area (Å²) in [6, 6.07) is 21.7. The van der Waals surface area contributed by atoms with Crippen molar-refractivity contribution in [3.63, 3.8) is 0 Å². The summed E-state index contributed by atoms with van der Waals surface area (Å²) in [6.45, 7) is 0.509. The SMILES string of the molecule is COc1ccc(CN(Cc2ccc(OC)cc2)S(=O)(=O)c2ccc(I)cc2)cc1. The predicted octanol–water partition coefficient (Wildman–Crippen LogP) is 4.70. The Morgan fingerprint density at radius 1 is 0.724 bits per heavy atom. The lowest BCUT2D eigenvalue weighted by atomic mass is 10.2. The third kappa shape index (κ3) is 5.49. The van der Waals surface area contributed by atoms with Crippen LogP contribution in [-0.4, -0.2) is 26.9 Å². The van der Waals surface area contributed by atoms with Gasteiger partial charge in [-0.3, -0.25) is 0 Å². The van der Waals surface area contributed by atoms with Gasteiger partial charge in [-0.05, 0) is 82.2 Å². The minimum Gasteiger partial charge on any atom is -0.497 e.